The average Bonchev–Trinajstić information content (AvgIpc) is 3.11. The third kappa shape index (κ3) is 3.20. The Hall–Kier alpha value is -2.73. The fourth-order valence-electron chi connectivity index (χ4n) is 3.44. The van der Waals surface area contributed by atoms with Gasteiger partial charge in [-0.2, -0.15) is 5.10 Å². The van der Waals surface area contributed by atoms with Gasteiger partial charge < -0.3 is 4.98 Å². The third-order valence-electron chi connectivity index (χ3n) is 4.89. The van der Waals surface area contributed by atoms with Crippen LogP contribution in [-0.4, -0.2) is 31.6 Å². The van der Waals surface area contributed by atoms with E-state index in [9.17, 15) is 4.79 Å². The number of hydrogen-bond acceptors (Lipinski definition) is 4. The second-order valence-corrected chi connectivity index (χ2v) is 7.13. The molecule has 0 saturated carbocycles. The van der Waals surface area contributed by atoms with E-state index in [2.05, 4.69) is 37.2 Å². The fraction of sp³-hybridized carbons (Fsp3) is 0.350. The highest BCUT2D eigenvalue weighted by atomic mass is 16.1. The van der Waals surface area contributed by atoms with Gasteiger partial charge in [0, 0.05) is 37.5 Å². The molecule has 3 aromatic rings. The molecule has 2 aromatic heterocycles. The Labute approximate surface area is 152 Å². The van der Waals surface area contributed by atoms with Crippen molar-refractivity contribution in [3.8, 4) is 11.3 Å². The van der Waals surface area contributed by atoms with Crippen LogP contribution < -0.4 is 5.56 Å². The number of rotatable bonds is 4. The first kappa shape index (κ1) is 16.7. The van der Waals surface area contributed by atoms with Gasteiger partial charge in [-0.25, -0.2) is 4.98 Å². The van der Waals surface area contributed by atoms with E-state index in [4.69, 9.17) is 0 Å². The van der Waals surface area contributed by atoms with Gasteiger partial charge >= 0.3 is 0 Å². The summed E-state index contributed by atoms with van der Waals surface area (Å²) in [7, 11) is 0. The van der Waals surface area contributed by atoms with Gasteiger partial charge in [0.05, 0.1) is 23.1 Å². The Morgan fingerprint density at radius 3 is 2.81 bits per heavy atom. The molecular weight excluding hydrogens is 326 g/mol. The van der Waals surface area contributed by atoms with Gasteiger partial charge in [0.15, 0.2) is 0 Å². The van der Waals surface area contributed by atoms with Gasteiger partial charge in [-0.1, -0.05) is 44.2 Å². The lowest BCUT2D eigenvalue weighted by atomic mass is 10.0. The van der Waals surface area contributed by atoms with Gasteiger partial charge in [0.2, 0.25) is 0 Å². The molecule has 0 spiro atoms. The van der Waals surface area contributed by atoms with Crippen LogP contribution in [0.4, 0.5) is 0 Å². The van der Waals surface area contributed by atoms with E-state index >= 15 is 0 Å². The maximum atomic E-state index is 12.5. The molecule has 1 aliphatic rings. The molecule has 6 heteroatoms. The number of H-pyrrole nitrogens is 2. The number of nitrogens with zero attached hydrogens (tertiary/aromatic N) is 3. The second-order valence-electron chi connectivity index (χ2n) is 7.13. The van der Waals surface area contributed by atoms with E-state index in [-0.39, 0.29) is 11.5 Å². The van der Waals surface area contributed by atoms with Crippen LogP contribution in [0.15, 0.2) is 41.3 Å². The standard InChI is InChI=1S/C20H23N5O/c1-13(2)19-22-17-8-9-25(12-16(17)20(26)23-19)11-15-10-21-24-18(15)14-6-4-3-5-7-14/h3-7,10,13H,8-9,11-12H2,1-2H3,(H,21,24)(H,22,23,26). The third-order valence-corrected chi connectivity index (χ3v) is 4.89. The van der Waals surface area contributed by atoms with E-state index in [1.54, 1.807) is 0 Å². The molecule has 0 fully saturated rings. The summed E-state index contributed by atoms with van der Waals surface area (Å²) in [6.07, 6.45) is 2.68. The van der Waals surface area contributed by atoms with E-state index in [1.807, 2.05) is 38.2 Å². The molecule has 1 aromatic carbocycles. The lowest BCUT2D eigenvalue weighted by Crippen LogP contribution is -2.36. The normalized spacial score (nSPS) is 14.6. The van der Waals surface area contributed by atoms with Crippen LogP contribution in [0.25, 0.3) is 11.3 Å². The second kappa shape index (κ2) is 6.88. The Balaban J connectivity index is 1.56. The Morgan fingerprint density at radius 1 is 1.23 bits per heavy atom. The number of nitrogens with one attached hydrogen (secondary N) is 2. The smallest absolute Gasteiger partial charge is 0.255 e. The van der Waals surface area contributed by atoms with Gasteiger partial charge in [0.25, 0.3) is 5.56 Å². The molecule has 0 radical (unpaired) electrons. The molecule has 0 atom stereocenters. The zero-order valence-electron chi connectivity index (χ0n) is 15.1. The van der Waals surface area contributed by atoms with E-state index in [0.717, 1.165) is 53.4 Å². The lowest BCUT2D eigenvalue weighted by molar-refractivity contribution is 0.241. The molecule has 0 bridgehead atoms. The van der Waals surface area contributed by atoms with Crippen LogP contribution in [0.3, 0.4) is 0 Å². The Kier molecular flexibility index (Phi) is 4.42. The highest BCUT2D eigenvalue weighted by Gasteiger charge is 2.23. The Morgan fingerprint density at radius 2 is 2.04 bits per heavy atom. The molecule has 26 heavy (non-hydrogen) atoms. The Bertz CT molecular complexity index is 958. The molecule has 134 valence electrons. The SMILES string of the molecule is CC(C)c1nc2c(c(=O)[nH]1)CN(Cc1cn[nH]c1-c1ccccc1)CC2. The predicted octanol–water partition coefficient (Wildman–Crippen LogP) is 2.84. The van der Waals surface area contributed by atoms with Crippen molar-refractivity contribution in [1.29, 1.82) is 0 Å². The number of aromatic amines is 2. The number of benzene rings is 1. The van der Waals surface area contributed by atoms with Crippen LogP contribution in [-0.2, 0) is 19.5 Å². The van der Waals surface area contributed by atoms with Crippen molar-refractivity contribution >= 4 is 0 Å². The molecule has 2 N–H and O–H groups in total. The highest BCUT2D eigenvalue weighted by Crippen LogP contribution is 2.24. The summed E-state index contributed by atoms with van der Waals surface area (Å²) in [5.41, 5.74) is 5.05. The lowest BCUT2D eigenvalue weighted by Gasteiger charge is -2.27. The van der Waals surface area contributed by atoms with Crippen molar-refractivity contribution in [1.82, 2.24) is 25.1 Å². The summed E-state index contributed by atoms with van der Waals surface area (Å²) in [6.45, 7) is 6.36. The first-order chi connectivity index (χ1) is 12.6. The van der Waals surface area contributed by atoms with Gasteiger partial charge in [0.1, 0.15) is 5.82 Å². The summed E-state index contributed by atoms with van der Waals surface area (Å²) in [4.78, 5) is 22.4. The van der Waals surface area contributed by atoms with Crippen molar-refractivity contribution < 1.29 is 0 Å². The first-order valence-corrected chi connectivity index (χ1v) is 9.04. The zero-order valence-corrected chi connectivity index (χ0v) is 15.1. The monoisotopic (exact) mass is 349 g/mol. The van der Waals surface area contributed by atoms with E-state index in [0.29, 0.717) is 6.54 Å². The van der Waals surface area contributed by atoms with Crippen molar-refractivity contribution in [2.45, 2.75) is 39.3 Å². The van der Waals surface area contributed by atoms with Crippen LogP contribution in [0.5, 0.6) is 0 Å². The van der Waals surface area contributed by atoms with E-state index < -0.39 is 0 Å². The largest absolute Gasteiger partial charge is 0.310 e. The minimum atomic E-state index is -0.00104. The molecule has 1 aliphatic heterocycles. The van der Waals surface area contributed by atoms with Gasteiger partial charge in [-0.05, 0) is 5.56 Å². The quantitative estimate of drug-likeness (QED) is 0.759. The van der Waals surface area contributed by atoms with Crippen LogP contribution >= 0.6 is 0 Å². The summed E-state index contributed by atoms with van der Waals surface area (Å²) < 4.78 is 0. The minimum Gasteiger partial charge on any atom is -0.310 e. The fourth-order valence-corrected chi connectivity index (χ4v) is 3.44. The number of hydrogen-bond donors (Lipinski definition) is 2. The van der Waals surface area contributed by atoms with Crippen molar-refractivity contribution in [3.63, 3.8) is 0 Å². The van der Waals surface area contributed by atoms with Crippen LogP contribution in [0.2, 0.25) is 0 Å². The summed E-state index contributed by atoms with van der Waals surface area (Å²) in [6, 6.07) is 10.2. The van der Waals surface area contributed by atoms with Crippen molar-refractivity contribution in [2.24, 2.45) is 0 Å². The molecule has 0 aliphatic carbocycles. The average molecular weight is 349 g/mol. The molecule has 4 rings (SSSR count). The highest BCUT2D eigenvalue weighted by molar-refractivity contribution is 5.62. The minimum absolute atomic E-state index is 0.00104. The van der Waals surface area contributed by atoms with Crippen molar-refractivity contribution in [3.05, 3.63) is 69.5 Å². The molecule has 0 saturated heterocycles. The maximum Gasteiger partial charge on any atom is 0.255 e. The van der Waals surface area contributed by atoms with Crippen LogP contribution in [0, 0.1) is 0 Å². The van der Waals surface area contributed by atoms with Gasteiger partial charge in [-0.15, -0.1) is 0 Å². The molecule has 3 heterocycles. The summed E-state index contributed by atoms with van der Waals surface area (Å²) in [5, 5.41) is 7.33. The number of aromatic nitrogens is 4. The van der Waals surface area contributed by atoms with Crippen LogP contribution in [0.1, 0.15) is 42.4 Å². The van der Waals surface area contributed by atoms with E-state index in [1.165, 1.54) is 0 Å². The summed E-state index contributed by atoms with van der Waals surface area (Å²) >= 11 is 0. The topological polar surface area (TPSA) is 77.7 Å². The molecule has 0 amide bonds. The molecular formula is C20H23N5O. The van der Waals surface area contributed by atoms with Gasteiger partial charge in [-0.3, -0.25) is 14.8 Å². The first-order valence-electron chi connectivity index (χ1n) is 9.04. The predicted molar refractivity (Wildman–Crippen MR) is 101 cm³/mol. The maximum absolute atomic E-state index is 12.5. The van der Waals surface area contributed by atoms with Crippen molar-refractivity contribution in [2.75, 3.05) is 6.54 Å². The molecule has 0 unspecified atom stereocenters. The zero-order chi connectivity index (χ0) is 18.1. The summed E-state index contributed by atoms with van der Waals surface area (Å²) in [5.74, 6) is 1.01. The number of fused-ring (bicyclic) bond motifs is 1. The molecule has 6 nitrogen and oxygen atoms in total.